The van der Waals surface area contributed by atoms with E-state index < -0.39 is 29.3 Å². The lowest BCUT2D eigenvalue weighted by atomic mass is 10.2. The number of halogens is 1. The summed E-state index contributed by atoms with van der Waals surface area (Å²) in [4.78, 5) is 39.0. The van der Waals surface area contributed by atoms with E-state index in [4.69, 9.17) is 15.3 Å². The second-order valence-electron chi connectivity index (χ2n) is 6.38. The van der Waals surface area contributed by atoms with Crippen LogP contribution >= 0.6 is 0 Å². The van der Waals surface area contributed by atoms with E-state index in [1.807, 2.05) is 11.8 Å². The van der Waals surface area contributed by atoms with Crippen LogP contribution in [0.15, 0.2) is 17.1 Å². The number of aliphatic carboxylic acids is 1. The molecule has 29 heavy (non-hydrogen) atoms. The van der Waals surface area contributed by atoms with Gasteiger partial charge in [0.05, 0.1) is 5.39 Å². The number of nitrogens with one attached hydrogen (secondary N) is 1. The lowest BCUT2D eigenvalue weighted by Crippen LogP contribution is -2.44. The Labute approximate surface area is 165 Å². The number of fused-ring (bicyclic) bond motifs is 1. The minimum absolute atomic E-state index is 0.0110. The van der Waals surface area contributed by atoms with Gasteiger partial charge in [-0.2, -0.15) is 0 Å². The number of hydrogen-bond donors (Lipinski definition) is 4. The molecule has 1 saturated heterocycles. The van der Waals surface area contributed by atoms with Gasteiger partial charge in [-0.1, -0.05) is 0 Å². The number of aliphatic hydroxyl groups excluding tert-OH is 1. The van der Waals surface area contributed by atoms with Crippen molar-refractivity contribution in [3.8, 4) is 0 Å². The summed E-state index contributed by atoms with van der Waals surface area (Å²) in [7, 11) is 0. The van der Waals surface area contributed by atoms with Crippen LogP contribution in [0.2, 0.25) is 0 Å². The number of piperazine rings is 1. The highest BCUT2D eigenvalue weighted by Crippen LogP contribution is 2.21. The lowest BCUT2D eigenvalue weighted by Gasteiger charge is -2.29. The van der Waals surface area contributed by atoms with Gasteiger partial charge in [0.15, 0.2) is 11.6 Å². The molecule has 2 aromatic heterocycles. The Morgan fingerprint density at radius 2 is 1.90 bits per heavy atom. The minimum atomic E-state index is -1.33. The molecule has 0 saturated carbocycles. The number of aryl methyl sites for hydroxylation is 1. The first-order chi connectivity index (χ1) is 13.7. The molecule has 158 valence electrons. The third kappa shape index (κ3) is 5.06. The smallest absolute Gasteiger partial charge is 0.341 e. The van der Waals surface area contributed by atoms with E-state index in [0.29, 0.717) is 25.3 Å². The van der Waals surface area contributed by atoms with Gasteiger partial charge in [0.2, 0.25) is 5.43 Å². The fourth-order valence-corrected chi connectivity index (χ4v) is 2.77. The van der Waals surface area contributed by atoms with Crippen molar-refractivity contribution >= 4 is 28.8 Å². The molecule has 1 aliphatic heterocycles. The average Bonchev–Trinajstić information content (AvgIpc) is 2.69. The number of aliphatic hydroxyl groups is 1. The van der Waals surface area contributed by atoms with E-state index in [0.717, 1.165) is 19.2 Å². The highest BCUT2D eigenvalue weighted by molar-refractivity contribution is 5.92. The Balaban J connectivity index is 0.000000438. The number of carboxylic acid groups (broad SMARTS) is 2. The largest absolute Gasteiger partial charge is 0.479 e. The van der Waals surface area contributed by atoms with E-state index in [-0.39, 0.29) is 16.8 Å². The van der Waals surface area contributed by atoms with Crippen LogP contribution in [0.3, 0.4) is 0 Å². The number of aromatic carboxylic acids is 1. The number of pyridine rings is 2. The molecule has 1 fully saturated rings. The van der Waals surface area contributed by atoms with Gasteiger partial charge < -0.3 is 30.1 Å². The molecular weight excluding hydrogens is 387 g/mol. The number of anilines is 1. The van der Waals surface area contributed by atoms with E-state index in [1.54, 1.807) is 4.57 Å². The summed E-state index contributed by atoms with van der Waals surface area (Å²) in [5.41, 5.74) is -0.789. The van der Waals surface area contributed by atoms with Crippen LogP contribution in [0.25, 0.3) is 11.0 Å². The predicted octanol–water partition coefficient (Wildman–Crippen LogP) is 0.115. The van der Waals surface area contributed by atoms with Crippen LogP contribution in [0.4, 0.5) is 10.2 Å². The molecule has 0 amide bonds. The van der Waals surface area contributed by atoms with Gasteiger partial charge in [0.25, 0.3) is 0 Å². The summed E-state index contributed by atoms with van der Waals surface area (Å²) in [6.07, 6.45) is 0.0319. The van der Waals surface area contributed by atoms with Gasteiger partial charge in [0, 0.05) is 38.9 Å². The van der Waals surface area contributed by atoms with Crippen molar-refractivity contribution < 1.29 is 29.3 Å². The lowest BCUT2D eigenvalue weighted by molar-refractivity contribution is -0.145. The second-order valence-corrected chi connectivity index (χ2v) is 6.38. The topological polar surface area (TPSA) is 145 Å². The molecule has 4 N–H and O–H groups in total. The molecule has 1 atom stereocenters. The highest BCUT2D eigenvalue weighted by Gasteiger charge is 2.21. The first-order valence-corrected chi connectivity index (χ1v) is 9.00. The molecule has 0 radical (unpaired) electrons. The maximum atomic E-state index is 14.4. The van der Waals surface area contributed by atoms with Crippen LogP contribution in [0.5, 0.6) is 0 Å². The van der Waals surface area contributed by atoms with Crippen molar-refractivity contribution in [2.24, 2.45) is 0 Å². The van der Waals surface area contributed by atoms with Gasteiger partial charge in [-0.05, 0) is 19.9 Å². The van der Waals surface area contributed by atoms with Gasteiger partial charge in [-0.25, -0.2) is 19.0 Å². The van der Waals surface area contributed by atoms with Gasteiger partial charge in [-0.15, -0.1) is 0 Å². The fourth-order valence-electron chi connectivity index (χ4n) is 2.77. The number of nitrogens with zero attached hydrogens (tertiary/aromatic N) is 3. The molecule has 3 rings (SSSR count). The number of rotatable bonds is 4. The molecule has 10 nitrogen and oxygen atoms in total. The SMILES string of the molecule is CC(O)C(=O)O.CCn1cc(C(=O)O)c(=O)c2cc(F)c(N3CCNCC3)nc21. The second kappa shape index (κ2) is 9.43. The quantitative estimate of drug-likeness (QED) is 0.552. The first-order valence-electron chi connectivity index (χ1n) is 9.00. The summed E-state index contributed by atoms with van der Waals surface area (Å²) in [6.45, 7) is 6.15. The number of carboxylic acids is 2. The molecule has 1 unspecified atom stereocenters. The van der Waals surface area contributed by atoms with Crippen molar-refractivity contribution in [2.45, 2.75) is 26.5 Å². The zero-order valence-electron chi connectivity index (χ0n) is 16.1. The Bertz CT molecular complexity index is 969. The zero-order chi connectivity index (χ0) is 21.7. The Morgan fingerprint density at radius 1 is 1.31 bits per heavy atom. The van der Waals surface area contributed by atoms with Crippen LogP contribution in [0.1, 0.15) is 24.2 Å². The van der Waals surface area contributed by atoms with E-state index in [1.165, 1.54) is 13.1 Å². The van der Waals surface area contributed by atoms with Crippen molar-refractivity contribution in [1.82, 2.24) is 14.9 Å². The summed E-state index contributed by atoms with van der Waals surface area (Å²) in [5, 5.41) is 28.1. The van der Waals surface area contributed by atoms with Crippen molar-refractivity contribution in [1.29, 1.82) is 0 Å². The van der Waals surface area contributed by atoms with E-state index in [2.05, 4.69) is 10.3 Å². The van der Waals surface area contributed by atoms with Crippen LogP contribution < -0.4 is 15.6 Å². The Hall–Kier alpha value is -3.05. The number of aromatic nitrogens is 2. The van der Waals surface area contributed by atoms with Gasteiger partial charge in [-0.3, -0.25) is 4.79 Å². The standard InChI is InChI=1S/C15H17FN4O3.C3H6O3/c1-2-19-8-10(15(22)23)12(21)9-7-11(16)14(18-13(9)19)20-5-3-17-4-6-20;1-2(4)3(5)6/h7-8,17H,2-6H2,1H3,(H,22,23);2,4H,1H3,(H,5,6). The first kappa shape index (κ1) is 22.2. The maximum Gasteiger partial charge on any atom is 0.341 e. The zero-order valence-corrected chi connectivity index (χ0v) is 16.1. The van der Waals surface area contributed by atoms with Gasteiger partial charge >= 0.3 is 11.9 Å². The average molecular weight is 410 g/mol. The normalized spacial score (nSPS) is 14.8. The molecular formula is C18H23FN4O6. The predicted molar refractivity (Wildman–Crippen MR) is 103 cm³/mol. The van der Waals surface area contributed by atoms with Crippen LogP contribution in [0, 0.1) is 5.82 Å². The molecule has 0 spiro atoms. The highest BCUT2D eigenvalue weighted by atomic mass is 19.1. The fraction of sp³-hybridized carbons (Fsp3) is 0.444. The van der Waals surface area contributed by atoms with Crippen LogP contribution in [-0.4, -0.2) is 69.1 Å². The van der Waals surface area contributed by atoms with E-state index in [9.17, 15) is 18.8 Å². The Kier molecular flexibility index (Phi) is 7.23. The molecule has 11 heteroatoms. The third-order valence-corrected chi connectivity index (χ3v) is 4.33. The minimum Gasteiger partial charge on any atom is -0.479 e. The molecule has 3 heterocycles. The number of hydrogen-bond acceptors (Lipinski definition) is 7. The molecule has 0 bridgehead atoms. The molecule has 0 aromatic carbocycles. The maximum absolute atomic E-state index is 14.4. The summed E-state index contributed by atoms with van der Waals surface area (Å²) in [5.74, 6) is -2.92. The summed E-state index contributed by atoms with van der Waals surface area (Å²) >= 11 is 0. The molecule has 0 aliphatic carbocycles. The monoisotopic (exact) mass is 410 g/mol. The van der Waals surface area contributed by atoms with Gasteiger partial charge in [0.1, 0.15) is 17.3 Å². The molecule has 1 aliphatic rings. The van der Waals surface area contributed by atoms with E-state index >= 15 is 0 Å². The van der Waals surface area contributed by atoms with Crippen LogP contribution in [-0.2, 0) is 11.3 Å². The van der Waals surface area contributed by atoms with Crippen molar-refractivity contribution in [3.05, 3.63) is 33.9 Å². The third-order valence-electron chi connectivity index (χ3n) is 4.33. The summed E-state index contributed by atoms with van der Waals surface area (Å²) < 4.78 is 16.0. The number of carbonyl (C=O) groups is 2. The van der Waals surface area contributed by atoms with Crippen molar-refractivity contribution in [3.63, 3.8) is 0 Å². The summed E-state index contributed by atoms with van der Waals surface area (Å²) in [6, 6.07) is 1.10. The van der Waals surface area contributed by atoms with Crippen molar-refractivity contribution in [2.75, 3.05) is 31.1 Å². The molecule has 2 aromatic rings. The Morgan fingerprint density at radius 3 is 2.38 bits per heavy atom.